The van der Waals surface area contributed by atoms with Crippen LogP contribution in [0.25, 0.3) is 0 Å². The van der Waals surface area contributed by atoms with Gasteiger partial charge in [0.05, 0.1) is 17.1 Å². The number of nitro groups is 1. The molecule has 0 spiro atoms. The fourth-order valence-electron chi connectivity index (χ4n) is 3.05. The van der Waals surface area contributed by atoms with Crippen molar-refractivity contribution >= 4 is 5.69 Å². The van der Waals surface area contributed by atoms with Crippen molar-refractivity contribution in [1.29, 1.82) is 0 Å². The van der Waals surface area contributed by atoms with Crippen LogP contribution in [-0.4, -0.2) is 16.1 Å². The smallest absolute Gasteiger partial charge is 0.269 e. The van der Waals surface area contributed by atoms with E-state index in [0.29, 0.717) is 6.42 Å². The molecule has 0 saturated carbocycles. The van der Waals surface area contributed by atoms with Crippen LogP contribution in [0, 0.1) is 10.1 Å². The molecule has 0 radical (unpaired) electrons. The third-order valence-electron chi connectivity index (χ3n) is 4.21. The van der Waals surface area contributed by atoms with Gasteiger partial charge in [0.1, 0.15) is 0 Å². The van der Waals surface area contributed by atoms with Crippen molar-refractivity contribution in [2.75, 3.05) is 0 Å². The fourth-order valence-corrected chi connectivity index (χ4v) is 3.05. The van der Waals surface area contributed by atoms with E-state index >= 15 is 0 Å². The van der Waals surface area contributed by atoms with Crippen LogP contribution in [0.15, 0.2) is 48.5 Å². The van der Waals surface area contributed by atoms with Crippen LogP contribution in [0.4, 0.5) is 5.69 Å². The van der Waals surface area contributed by atoms with Crippen molar-refractivity contribution in [2.24, 2.45) is 0 Å². The van der Waals surface area contributed by atoms with Crippen molar-refractivity contribution in [1.82, 2.24) is 5.32 Å². The molecule has 0 amide bonds. The minimum absolute atomic E-state index is 0.0820. The van der Waals surface area contributed by atoms with Crippen molar-refractivity contribution in [3.63, 3.8) is 0 Å². The normalized spacial score (nSPS) is 21.4. The maximum Gasteiger partial charge on any atom is 0.269 e. The van der Waals surface area contributed by atoms with E-state index in [-0.39, 0.29) is 17.8 Å². The highest BCUT2D eigenvalue weighted by Gasteiger charge is 2.31. The molecule has 3 rings (SSSR count). The fraction of sp³-hybridized carbons (Fsp3) is 0.294. The second kappa shape index (κ2) is 5.87. The van der Waals surface area contributed by atoms with Crippen molar-refractivity contribution in [2.45, 2.75) is 31.5 Å². The summed E-state index contributed by atoms with van der Waals surface area (Å²) >= 11 is 0. The first-order chi connectivity index (χ1) is 10.6. The summed E-state index contributed by atoms with van der Waals surface area (Å²) in [5, 5.41) is 24.6. The molecule has 0 bridgehead atoms. The summed E-state index contributed by atoms with van der Waals surface area (Å²) in [6.07, 6.45) is 0.161. The van der Waals surface area contributed by atoms with Gasteiger partial charge in [0.25, 0.3) is 5.69 Å². The lowest BCUT2D eigenvalue weighted by Gasteiger charge is -2.23. The predicted molar refractivity (Wildman–Crippen MR) is 83.5 cm³/mol. The van der Waals surface area contributed by atoms with Crippen LogP contribution in [0.3, 0.4) is 0 Å². The number of rotatable bonds is 4. The Kier molecular flexibility index (Phi) is 3.92. The van der Waals surface area contributed by atoms with Gasteiger partial charge in [0, 0.05) is 24.6 Å². The molecular weight excluding hydrogens is 280 g/mol. The van der Waals surface area contributed by atoms with Crippen LogP contribution in [0.1, 0.15) is 35.7 Å². The average molecular weight is 298 g/mol. The van der Waals surface area contributed by atoms with Crippen LogP contribution >= 0.6 is 0 Å². The predicted octanol–water partition coefficient (Wildman–Crippen LogP) is 2.90. The molecule has 0 fully saturated rings. The zero-order chi connectivity index (χ0) is 15.7. The summed E-state index contributed by atoms with van der Waals surface area (Å²) in [5.41, 5.74) is 3.18. The van der Waals surface area contributed by atoms with E-state index in [0.717, 1.165) is 16.7 Å². The molecule has 5 nitrogen and oxygen atoms in total. The van der Waals surface area contributed by atoms with Crippen LogP contribution < -0.4 is 5.32 Å². The number of aliphatic hydroxyl groups excluding tert-OH is 1. The Bertz CT molecular complexity index is 702. The number of non-ortho nitro benzene ring substituents is 1. The molecule has 114 valence electrons. The zero-order valence-corrected chi connectivity index (χ0v) is 12.3. The summed E-state index contributed by atoms with van der Waals surface area (Å²) in [7, 11) is 0. The summed E-state index contributed by atoms with van der Waals surface area (Å²) in [6, 6.07) is 14.3. The molecule has 2 N–H and O–H groups in total. The molecule has 1 aliphatic rings. The van der Waals surface area contributed by atoms with Crippen molar-refractivity contribution in [3.8, 4) is 0 Å². The number of nitrogens with one attached hydrogen (secondary N) is 1. The molecule has 0 aromatic heterocycles. The monoisotopic (exact) mass is 298 g/mol. The van der Waals surface area contributed by atoms with Gasteiger partial charge in [-0.3, -0.25) is 10.1 Å². The Morgan fingerprint density at radius 2 is 2.05 bits per heavy atom. The van der Waals surface area contributed by atoms with Crippen molar-refractivity contribution < 1.29 is 10.0 Å². The van der Waals surface area contributed by atoms with Crippen LogP contribution in [0.5, 0.6) is 0 Å². The van der Waals surface area contributed by atoms with Gasteiger partial charge in [-0.05, 0) is 23.6 Å². The van der Waals surface area contributed by atoms with Gasteiger partial charge in [-0.2, -0.15) is 0 Å². The van der Waals surface area contributed by atoms with E-state index < -0.39 is 11.0 Å². The summed E-state index contributed by atoms with van der Waals surface area (Å²) < 4.78 is 0. The third-order valence-corrected chi connectivity index (χ3v) is 4.21. The molecule has 2 aromatic carbocycles. The molecule has 2 aromatic rings. The molecule has 3 unspecified atom stereocenters. The summed E-state index contributed by atoms with van der Waals surface area (Å²) in [6.45, 7) is 1.95. The minimum Gasteiger partial charge on any atom is -0.391 e. The Morgan fingerprint density at radius 3 is 2.82 bits per heavy atom. The molecule has 0 heterocycles. The number of nitro benzene ring substituents is 1. The highest BCUT2D eigenvalue weighted by atomic mass is 16.6. The molecule has 22 heavy (non-hydrogen) atoms. The molecule has 3 atom stereocenters. The maximum atomic E-state index is 10.9. The lowest BCUT2D eigenvalue weighted by atomic mass is 10.0. The SMILES string of the molecule is CC(NC1c2ccccc2CC1O)c1cccc([N+](=O)[O-])c1. The second-order valence-electron chi connectivity index (χ2n) is 5.69. The lowest BCUT2D eigenvalue weighted by molar-refractivity contribution is -0.384. The molecule has 5 heteroatoms. The highest BCUT2D eigenvalue weighted by molar-refractivity contribution is 5.38. The number of aliphatic hydroxyl groups is 1. The molecule has 1 aliphatic carbocycles. The summed E-state index contributed by atoms with van der Waals surface area (Å²) in [4.78, 5) is 10.5. The molecule has 0 aliphatic heterocycles. The molecular formula is C17H18N2O3. The number of hydrogen-bond donors (Lipinski definition) is 2. The molecule has 0 saturated heterocycles. The van der Waals surface area contributed by atoms with Gasteiger partial charge in [0.2, 0.25) is 0 Å². The van der Waals surface area contributed by atoms with E-state index in [1.807, 2.05) is 37.3 Å². The number of nitrogens with zero attached hydrogens (tertiary/aromatic N) is 1. The Balaban J connectivity index is 1.81. The van der Waals surface area contributed by atoms with Crippen molar-refractivity contribution in [3.05, 3.63) is 75.3 Å². The largest absolute Gasteiger partial charge is 0.391 e. The first-order valence-electron chi connectivity index (χ1n) is 7.32. The Morgan fingerprint density at radius 1 is 1.27 bits per heavy atom. The Labute approximate surface area is 128 Å². The third kappa shape index (κ3) is 2.73. The van der Waals surface area contributed by atoms with Gasteiger partial charge in [0.15, 0.2) is 0 Å². The van der Waals surface area contributed by atoms with Gasteiger partial charge < -0.3 is 10.4 Å². The number of fused-ring (bicyclic) bond motifs is 1. The standard InChI is InChI=1S/C17H18N2O3/c1-11(12-6-4-7-14(9-12)19(21)22)18-17-15-8-3-2-5-13(15)10-16(17)20/h2-9,11,16-18,20H,10H2,1H3. The van der Waals surface area contributed by atoms with E-state index in [1.54, 1.807) is 12.1 Å². The number of benzene rings is 2. The first-order valence-corrected chi connectivity index (χ1v) is 7.32. The van der Waals surface area contributed by atoms with Crippen LogP contribution in [-0.2, 0) is 6.42 Å². The van der Waals surface area contributed by atoms with Gasteiger partial charge in [-0.25, -0.2) is 0 Å². The van der Waals surface area contributed by atoms with Gasteiger partial charge in [-0.1, -0.05) is 36.4 Å². The van der Waals surface area contributed by atoms with E-state index in [9.17, 15) is 15.2 Å². The van der Waals surface area contributed by atoms with E-state index in [2.05, 4.69) is 5.32 Å². The van der Waals surface area contributed by atoms with E-state index in [4.69, 9.17) is 0 Å². The first kappa shape index (κ1) is 14.7. The van der Waals surface area contributed by atoms with Gasteiger partial charge >= 0.3 is 0 Å². The minimum atomic E-state index is -0.474. The highest BCUT2D eigenvalue weighted by Crippen LogP contribution is 2.33. The second-order valence-corrected chi connectivity index (χ2v) is 5.69. The Hall–Kier alpha value is -2.24. The van der Waals surface area contributed by atoms with E-state index in [1.165, 1.54) is 6.07 Å². The summed E-state index contributed by atoms with van der Waals surface area (Å²) in [5.74, 6) is 0. The maximum absolute atomic E-state index is 10.9. The quantitative estimate of drug-likeness (QED) is 0.672. The topological polar surface area (TPSA) is 75.4 Å². The average Bonchev–Trinajstić information content (AvgIpc) is 2.83. The number of hydrogen-bond acceptors (Lipinski definition) is 4. The van der Waals surface area contributed by atoms with Gasteiger partial charge in [-0.15, -0.1) is 0 Å². The lowest BCUT2D eigenvalue weighted by Crippen LogP contribution is -2.31. The van der Waals surface area contributed by atoms with Crippen LogP contribution in [0.2, 0.25) is 0 Å². The zero-order valence-electron chi connectivity index (χ0n) is 12.3.